The van der Waals surface area contributed by atoms with Crippen molar-refractivity contribution in [2.75, 3.05) is 5.43 Å². The van der Waals surface area contributed by atoms with Crippen molar-refractivity contribution in [1.82, 2.24) is 0 Å². The Morgan fingerprint density at radius 1 is 1.15 bits per heavy atom. The van der Waals surface area contributed by atoms with Crippen LogP contribution in [0.3, 0.4) is 0 Å². The van der Waals surface area contributed by atoms with E-state index in [4.69, 9.17) is 11.6 Å². The van der Waals surface area contributed by atoms with Gasteiger partial charge >= 0.3 is 12.4 Å². The molecular formula is C9H3BrClF7N2. The summed E-state index contributed by atoms with van der Waals surface area (Å²) in [5.74, 6) is -1.49. The average molecular weight is 387 g/mol. The molecule has 1 aromatic rings. The van der Waals surface area contributed by atoms with E-state index in [0.717, 1.165) is 0 Å². The molecule has 0 aromatic heterocycles. The second-order valence-corrected chi connectivity index (χ2v) is 4.48. The normalized spacial score (nSPS) is 13.6. The maximum Gasteiger partial charge on any atom is 0.441 e. The van der Waals surface area contributed by atoms with Gasteiger partial charge in [0.1, 0.15) is 11.5 Å². The van der Waals surface area contributed by atoms with Crippen LogP contribution in [0.5, 0.6) is 0 Å². The highest BCUT2D eigenvalue weighted by Gasteiger charge is 2.35. The minimum absolute atomic E-state index is 0.0885. The minimum atomic E-state index is -4.83. The predicted molar refractivity (Wildman–Crippen MR) is 62.5 cm³/mol. The number of benzene rings is 1. The summed E-state index contributed by atoms with van der Waals surface area (Å²) in [6.07, 6.45) is -9.67. The van der Waals surface area contributed by atoms with Crippen molar-refractivity contribution in [1.29, 1.82) is 0 Å². The van der Waals surface area contributed by atoms with Gasteiger partial charge in [-0.1, -0.05) is 11.6 Å². The SMILES string of the molecule is Fc1cc(C(F)(F)F)cc(Cl)c1NN=C(Br)C(F)(F)F. The van der Waals surface area contributed by atoms with E-state index in [1.807, 2.05) is 0 Å². The highest BCUT2D eigenvalue weighted by Crippen LogP contribution is 2.35. The van der Waals surface area contributed by atoms with Crippen LogP contribution >= 0.6 is 27.5 Å². The molecule has 1 rings (SSSR count). The van der Waals surface area contributed by atoms with Crippen LogP contribution in [0.15, 0.2) is 17.2 Å². The monoisotopic (exact) mass is 386 g/mol. The first-order valence-corrected chi connectivity index (χ1v) is 5.72. The number of anilines is 1. The second-order valence-electron chi connectivity index (χ2n) is 3.32. The zero-order valence-corrected chi connectivity index (χ0v) is 11.3. The molecule has 0 bridgehead atoms. The van der Waals surface area contributed by atoms with Gasteiger partial charge in [0.25, 0.3) is 0 Å². The largest absolute Gasteiger partial charge is 0.441 e. The van der Waals surface area contributed by atoms with Crippen molar-refractivity contribution in [2.45, 2.75) is 12.4 Å². The van der Waals surface area contributed by atoms with E-state index in [1.165, 1.54) is 0 Å². The fourth-order valence-electron chi connectivity index (χ4n) is 1.01. The zero-order valence-electron chi connectivity index (χ0n) is 9.00. The smallest absolute Gasteiger partial charge is 0.273 e. The zero-order chi connectivity index (χ0) is 15.7. The van der Waals surface area contributed by atoms with Crippen molar-refractivity contribution >= 4 is 37.8 Å². The van der Waals surface area contributed by atoms with Gasteiger partial charge in [-0.3, -0.25) is 5.43 Å². The second kappa shape index (κ2) is 5.76. The van der Waals surface area contributed by atoms with Gasteiger partial charge in [0.2, 0.25) is 4.62 Å². The molecule has 0 unspecified atom stereocenters. The lowest BCUT2D eigenvalue weighted by Crippen LogP contribution is -2.18. The van der Waals surface area contributed by atoms with Crippen molar-refractivity contribution in [2.24, 2.45) is 5.10 Å². The molecule has 112 valence electrons. The van der Waals surface area contributed by atoms with E-state index < -0.39 is 39.1 Å². The van der Waals surface area contributed by atoms with Gasteiger partial charge in [-0.15, -0.1) is 0 Å². The molecule has 1 aromatic carbocycles. The van der Waals surface area contributed by atoms with E-state index in [-0.39, 0.29) is 6.07 Å². The highest BCUT2D eigenvalue weighted by molar-refractivity contribution is 9.18. The summed E-state index contributed by atoms with van der Waals surface area (Å²) in [6.45, 7) is 0. The molecule has 0 fully saturated rings. The van der Waals surface area contributed by atoms with Crippen LogP contribution in [0.25, 0.3) is 0 Å². The van der Waals surface area contributed by atoms with Gasteiger partial charge in [-0.25, -0.2) is 4.39 Å². The van der Waals surface area contributed by atoms with E-state index >= 15 is 0 Å². The number of hydrogen-bond donors (Lipinski definition) is 1. The molecule has 0 spiro atoms. The van der Waals surface area contributed by atoms with Crippen LogP contribution in [0, 0.1) is 5.82 Å². The molecule has 0 saturated heterocycles. The first kappa shape index (κ1) is 17.0. The van der Waals surface area contributed by atoms with Crippen molar-refractivity contribution in [3.8, 4) is 0 Å². The summed E-state index contributed by atoms with van der Waals surface area (Å²) in [5.41, 5.74) is -0.563. The summed E-state index contributed by atoms with van der Waals surface area (Å²) in [6, 6.07) is 0.454. The molecule has 0 aliphatic carbocycles. The Labute approximate surface area is 120 Å². The van der Waals surface area contributed by atoms with E-state index in [0.29, 0.717) is 6.07 Å². The number of alkyl halides is 6. The third kappa shape index (κ3) is 4.23. The maximum absolute atomic E-state index is 13.4. The molecule has 1 N–H and O–H groups in total. The number of halogens is 9. The fraction of sp³-hybridized carbons (Fsp3) is 0.222. The summed E-state index contributed by atoms with van der Waals surface area (Å²) in [7, 11) is 0. The van der Waals surface area contributed by atoms with Gasteiger partial charge < -0.3 is 0 Å². The number of rotatable bonds is 2. The molecule has 0 amide bonds. The van der Waals surface area contributed by atoms with Gasteiger partial charge in [0, 0.05) is 0 Å². The summed E-state index contributed by atoms with van der Waals surface area (Å²) in [4.78, 5) is 0. The molecule has 0 heterocycles. The van der Waals surface area contributed by atoms with E-state index in [9.17, 15) is 30.7 Å². The molecule has 0 atom stereocenters. The molecule has 0 aliphatic heterocycles. The quantitative estimate of drug-likeness (QED) is 0.422. The van der Waals surface area contributed by atoms with Gasteiger partial charge in [-0.2, -0.15) is 31.4 Å². The summed E-state index contributed by atoms with van der Waals surface area (Å²) in [5, 5.41) is 1.97. The van der Waals surface area contributed by atoms with Gasteiger partial charge in [-0.05, 0) is 28.1 Å². The Hall–Kier alpha value is -1.03. The molecule has 0 saturated carbocycles. The third-order valence-electron chi connectivity index (χ3n) is 1.87. The lowest BCUT2D eigenvalue weighted by Gasteiger charge is -2.11. The number of hydrazone groups is 1. The lowest BCUT2D eigenvalue weighted by atomic mass is 10.2. The molecule has 0 aliphatic rings. The summed E-state index contributed by atoms with van der Waals surface area (Å²) < 4.78 is 85.0. The predicted octanol–water partition coefficient (Wildman–Crippen LogP) is 5.18. The lowest BCUT2D eigenvalue weighted by molar-refractivity contribution is -0.137. The first-order chi connectivity index (χ1) is 8.93. The number of nitrogens with zero attached hydrogens (tertiary/aromatic N) is 1. The molecular weight excluding hydrogens is 384 g/mol. The maximum atomic E-state index is 13.4. The Balaban J connectivity index is 3.11. The van der Waals surface area contributed by atoms with Crippen molar-refractivity contribution < 1.29 is 30.7 Å². The van der Waals surface area contributed by atoms with Crippen LogP contribution in [0.1, 0.15) is 5.56 Å². The standard InChI is InChI=1S/C9H3BrClF7N2/c10-7(9(16,17)18)20-19-6-4(11)1-3(2-5(6)12)8(13,14)15/h1-2,19H. The fourth-order valence-corrected chi connectivity index (χ4v) is 1.35. The Bertz CT molecular complexity index is 515. The van der Waals surface area contributed by atoms with Gasteiger partial charge in [0.05, 0.1) is 10.6 Å². The minimum Gasteiger partial charge on any atom is -0.273 e. The van der Waals surface area contributed by atoms with Gasteiger partial charge in [0.15, 0.2) is 0 Å². The van der Waals surface area contributed by atoms with Crippen LogP contribution in [0.4, 0.5) is 36.4 Å². The number of hydrogen-bond acceptors (Lipinski definition) is 2. The summed E-state index contributed by atoms with van der Waals surface area (Å²) >= 11 is 7.44. The van der Waals surface area contributed by atoms with Crippen molar-refractivity contribution in [3.63, 3.8) is 0 Å². The first-order valence-electron chi connectivity index (χ1n) is 4.55. The molecule has 20 heavy (non-hydrogen) atoms. The van der Waals surface area contributed by atoms with Crippen LogP contribution in [-0.4, -0.2) is 10.8 Å². The van der Waals surface area contributed by atoms with E-state index in [2.05, 4.69) is 21.0 Å². The molecule has 2 nitrogen and oxygen atoms in total. The Morgan fingerprint density at radius 3 is 2.10 bits per heavy atom. The molecule has 0 radical (unpaired) electrons. The van der Waals surface area contributed by atoms with Crippen molar-refractivity contribution in [3.05, 3.63) is 28.5 Å². The van der Waals surface area contributed by atoms with E-state index in [1.54, 1.807) is 5.43 Å². The van der Waals surface area contributed by atoms with Crippen LogP contribution in [-0.2, 0) is 6.18 Å². The van der Waals surface area contributed by atoms with Crippen LogP contribution < -0.4 is 5.43 Å². The van der Waals surface area contributed by atoms with Crippen LogP contribution in [0.2, 0.25) is 5.02 Å². The third-order valence-corrected chi connectivity index (χ3v) is 2.79. The Morgan fingerprint density at radius 2 is 1.70 bits per heavy atom. The average Bonchev–Trinajstić information content (AvgIpc) is 2.24. The highest BCUT2D eigenvalue weighted by atomic mass is 79.9. The molecule has 11 heteroatoms. The Kier molecular flexibility index (Phi) is 4.90. The topological polar surface area (TPSA) is 24.4 Å². The number of nitrogens with one attached hydrogen (secondary N) is 1.